The predicted octanol–water partition coefficient (Wildman–Crippen LogP) is 4.04. The van der Waals surface area contributed by atoms with Crippen LogP contribution in [0.4, 0.5) is 0 Å². The molecule has 9 nitrogen and oxygen atoms in total. The van der Waals surface area contributed by atoms with Crippen LogP contribution in [0.2, 0.25) is 0 Å². The summed E-state index contributed by atoms with van der Waals surface area (Å²) in [5.41, 5.74) is 3.69. The lowest BCUT2D eigenvalue weighted by molar-refractivity contribution is 0.385. The molecule has 0 spiro atoms. The first kappa shape index (κ1) is 24.1. The molecule has 0 aliphatic rings. The average Bonchev–Trinajstić information content (AvgIpc) is 3.44. The van der Waals surface area contributed by atoms with E-state index in [0.717, 1.165) is 16.8 Å². The van der Waals surface area contributed by atoms with E-state index in [0.29, 0.717) is 40.4 Å². The molecule has 0 bridgehead atoms. The summed E-state index contributed by atoms with van der Waals surface area (Å²) >= 11 is 1.43. The molecule has 0 saturated heterocycles. The summed E-state index contributed by atoms with van der Waals surface area (Å²) < 4.78 is 33.9. The van der Waals surface area contributed by atoms with Crippen molar-refractivity contribution < 1.29 is 12.9 Å². The fraction of sp³-hybridized carbons (Fsp3) is 0.304. The van der Waals surface area contributed by atoms with Gasteiger partial charge in [0.25, 0.3) is 0 Å². The van der Waals surface area contributed by atoms with Crippen LogP contribution in [0.3, 0.4) is 0 Å². The zero-order chi connectivity index (χ0) is 24.5. The molecule has 34 heavy (non-hydrogen) atoms. The summed E-state index contributed by atoms with van der Waals surface area (Å²) in [6, 6.07) is 12.8. The molecule has 4 aromatic rings. The highest BCUT2D eigenvalue weighted by molar-refractivity contribution is 7.98. The molecule has 0 aliphatic carbocycles. The summed E-state index contributed by atoms with van der Waals surface area (Å²) in [6.07, 6.45) is 0.698. The van der Waals surface area contributed by atoms with Crippen LogP contribution >= 0.6 is 11.8 Å². The highest BCUT2D eigenvalue weighted by atomic mass is 32.2. The van der Waals surface area contributed by atoms with Crippen molar-refractivity contribution in [3.63, 3.8) is 0 Å². The van der Waals surface area contributed by atoms with Crippen LogP contribution in [0.5, 0.6) is 0 Å². The maximum Gasteiger partial charge on any atom is 0.242 e. The van der Waals surface area contributed by atoms with Crippen molar-refractivity contribution in [3.8, 4) is 17.1 Å². The molecule has 0 aliphatic heterocycles. The van der Waals surface area contributed by atoms with Gasteiger partial charge < -0.3 is 4.52 Å². The normalized spacial score (nSPS) is 11.9. The van der Waals surface area contributed by atoms with Gasteiger partial charge in [0, 0.05) is 26.1 Å². The van der Waals surface area contributed by atoms with E-state index in [2.05, 4.69) is 20.3 Å². The van der Waals surface area contributed by atoms with Crippen LogP contribution < -0.4 is 0 Å². The predicted molar refractivity (Wildman–Crippen MR) is 130 cm³/mol. The van der Waals surface area contributed by atoms with Crippen molar-refractivity contribution in [3.05, 3.63) is 65.3 Å². The Balaban J connectivity index is 1.83. The largest absolute Gasteiger partial charge is 0.338 e. The molecule has 0 radical (unpaired) electrons. The molecule has 0 fully saturated rings. The first-order chi connectivity index (χ1) is 16.2. The first-order valence-electron chi connectivity index (χ1n) is 10.7. The van der Waals surface area contributed by atoms with Gasteiger partial charge in [-0.25, -0.2) is 12.7 Å². The Kier molecular flexibility index (Phi) is 6.87. The SMILES string of the molecule is CCc1noc(CSc2nnc(-c3cccc(S(=O)(=O)N(C)C)c3)n2-c2c(C)cccc2C)n1. The summed E-state index contributed by atoms with van der Waals surface area (Å²) in [5, 5.41) is 13.5. The van der Waals surface area contributed by atoms with E-state index < -0.39 is 10.0 Å². The standard InChI is InChI=1S/C23H26N6O3S2/c1-6-19-24-20(32-27-19)14-33-23-26-25-22(29(23)21-15(2)9-7-10-16(21)3)17-11-8-12-18(13-17)34(30,31)28(4)5/h7-13H,6,14H2,1-5H3. The maximum atomic E-state index is 12.7. The van der Waals surface area contributed by atoms with Crippen molar-refractivity contribution in [2.75, 3.05) is 14.1 Å². The second-order valence-electron chi connectivity index (χ2n) is 7.94. The Morgan fingerprint density at radius 2 is 1.76 bits per heavy atom. The zero-order valence-corrected chi connectivity index (χ0v) is 21.3. The molecule has 178 valence electrons. The number of nitrogens with zero attached hydrogens (tertiary/aromatic N) is 6. The number of hydrogen-bond acceptors (Lipinski definition) is 8. The quantitative estimate of drug-likeness (QED) is 0.335. The van der Waals surface area contributed by atoms with Crippen LogP contribution in [-0.4, -0.2) is 51.7 Å². The number of benzene rings is 2. The molecule has 0 saturated carbocycles. The topological polar surface area (TPSA) is 107 Å². The van der Waals surface area contributed by atoms with Gasteiger partial charge in [0.15, 0.2) is 16.8 Å². The van der Waals surface area contributed by atoms with Crippen molar-refractivity contribution in [1.82, 2.24) is 29.2 Å². The van der Waals surface area contributed by atoms with Crippen molar-refractivity contribution in [1.29, 1.82) is 0 Å². The summed E-state index contributed by atoms with van der Waals surface area (Å²) in [6.45, 7) is 6.02. The van der Waals surface area contributed by atoms with Crippen LogP contribution in [0.25, 0.3) is 17.1 Å². The third-order valence-electron chi connectivity index (χ3n) is 5.32. The van der Waals surface area contributed by atoms with Crippen molar-refractivity contribution in [2.45, 2.75) is 43.0 Å². The summed E-state index contributed by atoms with van der Waals surface area (Å²) in [4.78, 5) is 4.57. The molecule has 4 rings (SSSR count). The Morgan fingerprint density at radius 1 is 1.06 bits per heavy atom. The molecule has 0 unspecified atom stereocenters. The van der Waals surface area contributed by atoms with Gasteiger partial charge in [-0.05, 0) is 37.1 Å². The molecule has 0 amide bonds. The van der Waals surface area contributed by atoms with Gasteiger partial charge in [-0.2, -0.15) is 4.98 Å². The number of rotatable bonds is 8. The van der Waals surface area contributed by atoms with Crippen LogP contribution in [0, 0.1) is 13.8 Å². The summed E-state index contributed by atoms with van der Waals surface area (Å²) in [7, 11) is -0.575. The second-order valence-corrected chi connectivity index (χ2v) is 11.0. The van der Waals surface area contributed by atoms with Gasteiger partial charge in [-0.3, -0.25) is 4.57 Å². The molecular weight excluding hydrogens is 472 g/mol. The highest BCUT2D eigenvalue weighted by Crippen LogP contribution is 2.33. The number of thioether (sulfide) groups is 1. The first-order valence-corrected chi connectivity index (χ1v) is 13.1. The molecule has 0 N–H and O–H groups in total. The lowest BCUT2D eigenvalue weighted by Gasteiger charge is -2.16. The molecule has 2 heterocycles. The van der Waals surface area contributed by atoms with E-state index in [1.165, 1.54) is 30.2 Å². The number of sulfonamides is 1. The Morgan fingerprint density at radius 3 is 2.41 bits per heavy atom. The summed E-state index contributed by atoms with van der Waals surface area (Å²) in [5.74, 6) is 2.16. The molecular formula is C23H26N6O3S2. The minimum Gasteiger partial charge on any atom is -0.338 e. The maximum absolute atomic E-state index is 12.7. The lowest BCUT2D eigenvalue weighted by Crippen LogP contribution is -2.22. The number of hydrogen-bond donors (Lipinski definition) is 0. The Bertz CT molecular complexity index is 1410. The fourth-order valence-corrected chi connectivity index (χ4v) is 5.26. The van der Waals surface area contributed by atoms with Gasteiger partial charge in [0.05, 0.1) is 16.3 Å². The smallest absolute Gasteiger partial charge is 0.242 e. The third kappa shape index (κ3) is 4.63. The van der Waals surface area contributed by atoms with E-state index in [-0.39, 0.29) is 4.90 Å². The van der Waals surface area contributed by atoms with Crippen LogP contribution in [0.15, 0.2) is 57.0 Å². The van der Waals surface area contributed by atoms with Gasteiger partial charge >= 0.3 is 0 Å². The Hall–Kier alpha value is -3.02. The lowest BCUT2D eigenvalue weighted by atomic mass is 10.1. The number of aromatic nitrogens is 5. The number of para-hydroxylation sites is 1. The molecule has 0 atom stereocenters. The van der Waals surface area contributed by atoms with Crippen LogP contribution in [-0.2, 0) is 22.2 Å². The minimum absolute atomic E-state index is 0.193. The van der Waals surface area contributed by atoms with Gasteiger partial charge in [0.1, 0.15) is 0 Å². The monoisotopic (exact) mass is 498 g/mol. The minimum atomic E-state index is -3.60. The van der Waals surface area contributed by atoms with E-state index in [1.807, 2.05) is 49.6 Å². The highest BCUT2D eigenvalue weighted by Gasteiger charge is 2.23. The molecule has 2 aromatic carbocycles. The van der Waals surface area contributed by atoms with Crippen LogP contribution in [0.1, 0.15) is 29.8 Å². The van der Waals surface area contributed by atoms with E-state index in [9.17, 15) is 8.42 Å². The number of aryl methyl sites for hydroxylation is 3. The Labute approximate surface area is 203 Å². The van der Waals surface area contributed by atoms with Crippen molar-refractivity contribution in [2.24, 2.45) is 0 Å². The molecule has 11 heteroatoms. The van der Waals surface area contributed by atoms with Gasteiger partial charge in [-0.1, -0.05) is 54.2 Å². The zero-order valence-electron chi connectivity index (χ0n) is 19.7. The van der Waals surface area contributed by atoms with Crippen molar-refractivity contribution >= 4 is 21.8 Å². The third-order valence-corrected chi connectivity index (χ3v) is 8.04. The fourth-order valence-electron chi connectivity index (χ4n) is 3.54. The van der Waals surface area contributed by atoms with E-state index in [4.69, 9.17) is 4.52 Å². The van der Waals surface area contributed by atoms with Gasteiger partial charge in [-0.15, -0.1) is 10.2 Å². The second kappa shape index (κ2) is 9.69. The van der Waals surface area contributed by atoms with E-state index in [1.54, 1.807) is 18.2 Å². The van der Waals surface area contributed by atoms with E-state index >= 15 is 0 Å². The van der Waals surface area contributed by atoms with Gasteiger partial charge in [0.2, 0.25) is 15.9 Å². The average molecular weight is 499 g/mol. The molecule has 2 aromatic heterocycles.